The number of ether oxygens (including phenoxy) is 1. The van der Waals surface area contributed by atoms with Crippen LogP contribution in [0.1, 0.15) is 21.6 Å². The van der Waals surface area contributed by atoms with Crippen molar-refractivity contribution in [1.82, 2.24) is 15.6 Å². The van der Waals surface area contributed by atoms with Crippen molar-refractivity contribution >= 4 is 29.2 Å². The van der Waals surface area contributed by atoms with Crippen molar-refractivity contribution in [2.75, 3.05) is 18.4 Å². The molecule has 3 aromatic rings. The maximum atomic E-state index is 13.0. The molecule has 8 nitrogen and oxygen atoms in total. The Hall–Kier alpha value is -3.83. The lowest BCUT2D eigenvalue weighted by Crippen LogP contribution is -2.29. The van der Waals surface area contributed by atoms with Crippen LogP contribution in [0.15, 0.2) is 60.8 Å². The van der Waals surface area contributed by atoms with Crippen molar-refractivity contribution < 1.29 is 27.5 Å². The van der Waals surface area contributed by atoms with Gasteiger partial charge in [-0.25, -0.2) is 4.79 Å². The molecule has 1 aromatic heterocycles. The fourth-order valence-electron chi connectivity index (χ4n) is 2.86. The van der Waals surface area contributed by atoms with Crippen molar-refractivity contribution in [2.24, 2.45) is 5.73 Å². The molecular formula is C23H21ClF3N5O3. The summed E-state index contributed by atoms with van der Waals surface area (Å²) < 4.78 is 44.6. The first-order valence-electron chi connectivity index (χ1n) is 10.3. The summed E-state index contributed by atoms with van der Waals surface area (Å²) in [4.78, 5) is 28.1. The van der Waals surface area contributed by atoms with E-state index in [0.29, 0.717) is 24.6 Å². The topological polar surface area (TPSA) is 118 Å². The first-order valence-corrected chi connectivity index (χ1v) is 10.7. The zero-order valence-corrected chi connectivity index (χ0v) is 18.9. The monoisotopic (exact) mass is 507 g/mol. The van der Waals surface area contributed by atoms with Gasteiger partial charge in [0, 0.05) is 37.6 Å². The number of urea groups is 1. The van der Waals surface area contributed by atoms with Gasteiger partial charge >= 0.3 is 12.2 Å². The number of benzene rings is 2. The summed E-state index contributed by atoms with van der Waals surface area (Å²) in [5, 5.41) is 7.07. The molecule has 0 aliphatic heterocycles. The minimum absolute atomic E-state index is 0.0450. The molecule has 2 aromatic carbocycles. The highest BCUT2D eigenvalue weighted by Crippen LogP contribution is 2.36. The molecule has 184 valence electrons. The minimum Gasteiger partial charge on any atom is -0.457 e. The predicted molar refractivity (Wildman–Crippen MR) is 124 cm³/mol. The molecule has 3 rings (SSSR count). The Morgan fingerprint density at radius 3 is 2.43 bits per heavy atom. The number of hydrogen-bond donors (Lipinski definition) is 4. The Morgan fingerprint density at radius 2 is 1.74 bits per heavy atom. The highest BCUT2D eigenvalue weighted by molar-refractivity contribution is 6.31. The van der Waals surface area contributed by atoms with Gasteiger partial charge in [0.1, 0.15) is 17.2 Å². The summed E-state index contributed by atoms with van der Waals surface area (Å²) in [5.41, 5.74) is 5.19. The van der Waals surface area contributed by atoms with Crippen LogP contribution in [0.4, 0.5) is 23.7 Å². The number of anilines is 1. The van der Waals surface area contributed by atoms with E-state index in [9.17, 15) is 22.8 Å². The van der Waals surface area contributed by atoms with Crippen LogP contribution in [0.3, 0.4) is 0 Å². The third-order valence-corrected chi connectivity index (χ3v) is 4.87. The Morgan fingerprint density at radius 1 is 1.00 bits per heavy atom. The fraction of sp³-hybridized carbons (Fsp3) is 0.174. The van der Waals surface area contributed by atoms with E-state index in [2.05, 4.69) is 20.9 Å². The molecule has 0 aliphatic carbocycles. The number of halogens is 4. The number of carbonyl (C=O) groups is 2. The lowest BCUT2D eigenvalue weighted by Gasteiger charge is -2.12. The van der Waals surface area contributed by atoms with Crippen LogP contribution in [-0.2, 0) is 12.7 Å². The van der Waals surface area contributed by atoms with Gasteiger partial charge in [-0.3, -0.25) is 9.78 Å². The number of nitrogens with two attached hydrogens (primary N) is 1. The zero-order chi connectivity index (χ0) is 25.4. The number of alkyl halides is 3. The van der Waals surface area contributed by atoms with Crippen LogP contribution in [0.25, 0.3) is 0 Å². The Kier molecular flexibility index (Phi) is 8.50. The zero-order valence-electron chi connectivity index (χ0n) is 18.2. The predicted octanol–water partition coefficient (Wildman–Crippen LogP) is 4.56. The van der Waals surface area contributed by atoms with Crippen molar-refractivity contribution in [3.05, 3.63) is 82.6 Å². The first kappa shape index (κ1) is 25.8. The van der Waals surface area contributed by atoms with E-state index in [1.165, 1.54) is 18.3 Å². The van der Waals surface area contributed by atoms with E-state index < -0.39 is 22.8 Å². The largest absolute Gasteiger partial charge is 0.457 e. The minimum atomic E-state index is -4.64. The van der Waals surface area contributed by atoms with Gasteiger partial charge in [-0.2, -0.15) is 13.2 Å². The Balaban J connectivity index is 1.54. The summed E-state index contributed by atoms with van der Waals surface area (Å²) >= 11 is 5.58. The highest BCUT2D eigenvalue weighted by atomic mass is 35.5. The van der Waals surface area contributed by atoms with Crippen LogP contribution in [0.2, 0.25) is 5.02 Å². The van der Waals surface area contributed by atoms with Crippen LogP contribution < -0.4 is 26.4 Å². The lowest BCUT2D eigenvalue weighted by molar-refractivity contribution is -0.137. The molecule has 0 aliphatic rings. The fourth-order valence-corrected chi connectivity index (χ4v) is 3.09. The second-order valence-corrected chi connectivity index (χ2v) is 7.57. The van der Waals surface area contributed by atoms with Crippen molar-refractivity contribution in [3.8, 4) is 11.5 Å². The van der Waals surface area contributed by atoms with E-state index in [1.54, 1.807) is 30.3 Å². The lowest BCUT2D eigenvalue weighted by atomic mass is 10.2. The molecule has 0 unspecified atom stereocenters. The number of aromatic nitrogens is 1. The molecule has 3 amide bonds. The molecule has 0 atom stereocenters. The molecule has 0 saturated carbocycles. The van der Waals surface area contributed by atoms with Crippen LogP contribution in [0.5, 0.6) is 11.5 Å². The third kappa shape index (κ3) is 7.59. The number of nitrogens with one attached hydrogen (secondary N) is 3. The van der Waals surface area contributed by atoms with E-state index >= 15 is 0 Å². The van der Waals surface area contributed by atoms with E-state index in [-0.39, 0.29) is 23.8 Å². The Bertz CT molecular complexity index is 1190. The maximum absolute atomic E-state index is 13.0. The number of hydrogen-bond acceptors (Lipinski definition) is 5. The van der Waals surface area contributed by atoms with Gasteiger partial charge in [-0.15, -0.1) is 0 Å². The average molecular weight is 508 g/mol. The van der Waals surface area contributed by atoms with Crippen LogP contribution in [-0.4, -0.2) is 30.0 Å². The van der Waals surface area contributed by atoms with Gasteiger partial charge in [0.05, 0.1) is 10.6 Å². The number of amides is 3. The van der Waals surface area contributed by atoms with Gasteiger partial charge in [0.2, 0.25) is 0 Å². The molecule has 0 saturated heterocycles. The molecule has 1 heterocycles. The van der Waals surface area contributed by atoms with Gasteiger partial charge < -0.3 is 26.4 Å². The second kappa shape index (κ2) is 11.5. The van der Waals surface area contributed by atoms with Gasteiger partial charge in [0.25, 0.3) is 5.91 Å². The summed E-state index contributed by atoms with van der Waals surface area (Å²) in [6, 6.07) is 12.3. The summed E-state index contributed by atoms with van der Waals surface area (Å²) in [5.74, 6) is 0.525. The van der Waals surface area contributed by atoms with Crippen LogP contribution >= 0.6 is 11.6 Å². The molecule has 0 radical (unpaired) electrons. The molecule has 0 fully saturated rings. The Labute approximate surface area is 203 Å². The van der Waals surface area contributed by atoms with Gasteiger partial charge in [-0.05, 0) is 42.0 Å². The molecular weight excluding hydrogens is 487 g/mol. The van der Waals surface area contributed by atoms with Gasteiger partial charge in [-0.1, -0.05) is 23.7 Å². The van der Waals surface area contributed by atoms with Crippen molar-refractivity contribution in [2.45, 2.75) is 12.7 Å². The van der Waals surface area contributed by atoms with Crippen molar-refractivity contribution in [3.63, 3.8) is 0 Å². The standard InChI is InChI=1S/C23H21ClF3N5O3/c24-19-6-3-15(11-18(19)23(25,26)27)32-22(34)31-13-14-1-4-16(5-2-14)35-17-7-9-29-20(12-17)21(33)30-10-8-28/h1-7,9,11-12H,8,10,13,28H2,(H,30,33)(H2,31,32,34). The first-order chi connectivity index (χ1) is 16.7. The number of nitrogens with zero attached hydrogens (tertiary/aromatic N) is 1. The van der Waals surface area contributed by atoms with E-state index in [4.69, 9.17) is 22.1 Å². The average Bonchev–Trinajstić information content (AvgIpc) is 2.83. The van der Waals surface area contributed by atoms with Gasteiger partial charge in [0.15, 0.2) is 0 Å². The number of carbonyl (C=O) groups excluding carboxylic acids is 2. The summed E-state index contributed by atoms with van der Waals surface area (Å²) in [6.07, 6.45) is -3.19. The molecule has 0 spiro atoms. The number of pyridine rings is 1. The number of rotatable bonds is 8. The molecule has 35 heavy (non-hydrogen) atoms. The van der Waals surface area contributed by atoms with Crippen molar-refractivity contribution in [1.29, 1.82) is 0 Å². The molecule has 12 heteroatoms. The smallest absolute Gasteiger partial charge is 0.417 e. The normalized spacial score (nSPS) is 11.0. The molecule has 5 N–H and O–H groups in total. The van der Waals surface area contributed by atoms with E-state index in [1.807, 2.05) is 0 Å². The second-order valence-electron chi connectivity index (χ2n) is 7.17. The van der Waals surface area contributed by atoms with E-state index in [0.717, 1.165) is 17.7 Å². The highest BCUT2D eigenvalue weighted by Gasteiger charge is 2.33. The summed E-state index contributed by atoms with van der Waals surface area (Å²) in [6.45, 7) is 0.755. The summed E-state index contributed by atoms with van der Waals surface area (Å²) in [7, 11) is 0. The maximum Gasteiger partial charge on any atom is 0.417 e. The quantitative estimate of drug-likeness (QED) is 0.356. The molecule has 0 bridgehead atoms. The third-order valence-electron chi connectivity index (χ3n) is 4.54. The SMILES string of the molecule is NCCNC(=O)c1cc(Oc2ccc(CNC(=O)Nc3ccc(Cl)c(C(F)(F)F)c3)cc2)ccn1. The van der Waals surface area contributed by atoms with Crippen LogP contribution in [0, 0.1) is 0 Å².